The Kier molecular flexibility index (Phi) is 3.68. The zero-order valence-corrected chi connectivity index (χ0v) is 7.83. The summed E-state index contributed by atoms with van der Waals surface area (Å²) in [5.74, 6) is 0. The molecule has 0 spiro atoms. The van der Waals surface area contributed by atoms with Gasteiger partial charge in [-0.25, -0.2) is 4.57 Å². The highest BCUT2D eigenvalue weighted by molar-refractivity contribution is 7.48. The van der Waals surface area contributed by atoms with Gasteiger partial charge in [-0.2, -0.15) is 0 Å². The standard InChI is InChI=1S/C6H13O5P/c1-2-6(7)5-11-12(8)9-3-4-10-12/h6-7H,2-5H2,1H3. The maximum Gasteiger partial charge on any atom is 0.475 e. The third-order valence-electron chi connectivity index (χ3n) is 1.48. The first-order valence-electron chi connectivity index (χ1n) is 3.88. The molecule has 1 unspecified atom stereocenters. The van der Waals surface area contributed by atoms with Gasteiger partial charge in [-0.3, -0.25) is 13.6 Å². The van der Waals surface area contributed by atoms with Gasteiger partial charge in [0.05, 0.1) is 25.9 Å². The second-order valence-corrected chi connectivity index (χ2v) is 4.14. The maximum absolute atomic E-state index is 11.3. The third-order valence-corrected chi connectivity index (χ3v) is 2.94. The van der Waals surface area contributed by atoms with E-state index in [1.165, 1.54) is 0 Å². The summed E-state index contributed by atoms with van der Waals surface area (Å²) < 4.78 is 25.5. The largest absolute Gasteiger partial charge is 0.475 e. The Bertz CT molecular complexity index is 173. The Hall–Kier alpha value is 0.0700. The fourth-order valence-corrected chi connectivity index (χ4v) is 1.88. The molecule has 5 nitrogen and oxygen atoms in total. The molecule has 0 bridgehead atoms. The quantitative estimate of drug-likeness (QED) is 0.677. The van der Waals surface area contributed by atoms with E-state index in [1.807, 2.05) is 0 Å². The van der Waals surface area contributed by atoms with Crippen LogP contribution in [0.15, 0.2) is 0 Å². The van der Waals surface area contributed by atoms with Crippen LogP contribution in [0.1, 0.15) is 13.3 Å². The molecular weight excluding hydrogens is 183 g/mol. The lowest BCUT2D eigenvalue weighted by Crippen LogP contribution is -2.12. The first-order chi connectivity index (χ1) is 5.66. The Morgan fingerprint density at radius 2 is 2.17 bits per heavy atom. The average Bonchev–Trinajstić information content (AvgIpc) is 2.49. The second-order valence-electron chi connectivity index (χ2n) is 2.47. The first-order valence-corrected chi connectivity index (χ1v) is 5.34. The minimum absolute atomic E-state index is 0.00617. The molecule has 0 aromatic rings. The Morgan fingerprint density at radius 3 is 2.67 bits per heavy atom. The van der Waals surface area contributed by atoms with Gasteiger partial charge in [0.15, 0.2) is 0 Å². The number of hydrogen-bond donors (Lipinski definition) is 1. The van der Waals surface area contributed by atoms with Crippen LogP contribution in [0.5, 0.6) is 0 Å². The van der Waals surface area contributed by atoms with Crippen molar-refractivity contribution in [2.75, 3.05) is 19.8 Å². The maximum atomic E-state index is 11.3. The van der Waals surface area contributed by atoms with Crippen LogP contribution in [0.2, 0.25) is 0 Å². The molecule has 72 valence electrons. The summed E-state index contributed by atoms with van der Waals surface area (Å²) in [6, 6.07) is 0. The normalized spacial score (nSPS) is 24.2. The summed E-state index contributed by atoms with van der Waals surface area (Å²) in [4.78, 5) is 0. The molecule has 0 aromatic carbocycles. The van der Waals surface area contributed by atoms with Gasteiger partial charge >= 0.3 is 7.82 Å². The van der Waals surface area contributed by atoms with Crippen LogP contribution in [0, 0.1) is 0 Å². The molecule has 0 radical (unpaired) electrons. The van der Waals surface area contributed by atoms with Gasteiger partial charge in [0.1, 0.15) is 0 Å². The number of phosphoric acid groups is 1. The molecule has 1 heterocycles. The molecule has 0 aromatic heterocycles. The van der Waals surface area contributed by atoms with Gasteiger partial charge in [0.2, 0.25) is 0 Å². The number of hydrogen-bond acceptors (Lipinski definition) is 5. The van der Waals surface area contributed by atoms with Crippen molar-refractivity contribution in [2.45, 2.75) is 19.4 Å². The Labute approximate surface area is 71.2 Å². The lowest BCUT2D eigenvalue weighted by molar-refractivity contribution is 0.0817. The topological polar surface area (TPSA) is 65.0 Å². The molecule has 0 aliphatic carbocycles. The van der Waals surface area contributed by atoms with Gasteiger partial charge in [0, 0.05) is 0 Å². The Balaban J connectivity index is 2.26. The highest BCUT2D eigenvalue weighted by atomic mass is 31.2. The van der Waals surface area contributed by atoms with Crippen molar-refractivity contribution in [3.8, 4) is 0 Å². The smallest absolute Gasteiger partial charge is 0.391 e. The lowest BCUT2D eigenvalue weighted by Gasteiger charge is -2.11. The van der Waals surface area contributed by atoms with Crippen LogP contribution >= 0.6 is 7.82 Å². The molecule has 1 N–H and O–H groups in total. The van der Waals surface area contributed by atoms with E-state index < -0.39 is 13.9 Å². The van der Waals surface area contributed by atoms with Crippen LogP contribution in [0.25, 0.3) is 0 Å². The summed E-state index contributed by atoms with van der Waals surface area (Å²) in [5, 5.41) is 9.08. The summed E-state index contributed by atoms with van der Waals surface area (Å²) in [7, 11) is -3.30. The second kappa shape index (κ2) is 4.35. The van der Waals surface area contributed by atoms with Crippen molar-refractivity contribution >= 4 is 7.82 Å². The van der Waals surface area contributed by atoms with E-state index in [-0.39, 0.29) is 6.61 Å². The minimum atomic E-state index is -3.30. The lowest BCUT2D eigenvalue weighted by atomic mass is 10.3. The fourth-order valence-electron chi connectivity index (χ4n) is 0.705. The number of phosphoric ester groups is 1. The Morgan fingerprint density at radius 1 is 1.58 bits per heavy atom. The van der Waals surface area contributed by atoms with Gasteiger partial charge in [-0.05, 0) is 6.42 Å². The molecular formula is C6H13O5P. The highest BCUT2D eigenvalue weighted by Gasteiger charge is 2.32. The zero-order valence-electron chi connectivity index (χ0n) is 6.93. The molecule has 1 atom stereocenters. The van der Waals surface area contributed by atoms with E-state index in [1.54, 1.807) is 6.92 Å². The van der Waals surface area contributed by atoms with Crippen molar-refractivity contribution in [3.63, 3.8) is 0 Å². The molecule has 0 saturated carbocycles. The van der Waals surface area contributed by atoms with E-state index in [0.717, 1.165) is 0 Å². The van der Waals surface area contributed by atoms with E-state index in [9.17, 15) is 4.57 Å². The molecule has 1 aliphatic heterocycles. The molecule has 12 heavy (non-hydrogen) atoms. The minimum Gasteiger partial charge on any atom is -0.391 e. The number of rotatable bonds is 4. The summed E-state index contributed by atoms with van der Waals surface area (Å²) in [6.07, 6.45) is -0.0522. The predicted molar refractivity (Wildman–Crippen MR) is 41.8 cm³/mol. The van der Waals surface area contributed by atoms with Gasteiger partial charge in [-0.1, -0.05) is 6.92 Å². The van der Waals surface area contributed by atoms with Crippen LogP contribution < -0.4 is 0 Å². The van der Waals surface area contributed by atoms with Crippen LogP contribution in [-0.2, 0) is 18.1 Å². The SMILES string of the molecule is CCC(O)COP1(=O)OCCO1. The monoisotopic (exact) mass is 196 g/mol. The molecule has 6 heteroatoms. The number of aliphatic hydroxyl groups is 1. The van der Waals surface area contributed by atoms with Crippen molar-refractivity contribution in [3.05, 3.63) is 0 Å². The molecule has 1 saturated heterocycles. The molecule has 1 rings (SSSR count). The van der Waals surface area contributed by atoms with E-state index in [4.69, 9.17) is 18.7 Å². The van der Waals surface area contributed by atoms with Gasteiger partial charge in [-0.15, -0.1) is 0 Å². The van der Waals surface area contributed by atoms with Crippen LogP contribution in [0.3, 0.4) is 0 Å². The first kappa shape index (κ1) is 10.2. The molecule has 1 fully saturated rings. The highest BCUT2D eigenvalue weighted by Crippen LogP contribution is 2.52. The zero-order chi connectivity index (χ0) is 9.03. The van der Waals surface area contributed by atoms with E-state index in [2.05, 4.69) is 0 Å². The van der Waals surface area contributed by atoms with Crippen molar-refractivity contribution in [1.82, 2.24) is 0 Å². The predicted octanol–water partition coefficient (Wildman–Crippen LogP) is 0.929. The summed E-state index contributed by atoms with van der Waals surface area (Å²) in [6.45, 7) is 2.38. The average molecular weight is 196 g/mol. The van der Waals surface area contributed by atoms with E-state index >= 15 is 0 Å². The van der Waals surface area contributed by atoms with Crippen molar-refractivity contribution < 1.29 is 23.2 Å². The molecule has 1 aliphatic rings. The van der Waals surface area contributed by atoms with Crippen molar-refractivity contribution in [2.24, 2.45) is 0 Å². The fraction of sp³-hybridized carbons (Fsp3) is 1.00. The summed E-state index contributed by atoms with van der Waals surface area (Å²) in [5.41, 5.74) is 0. The van der Waals surface area contributed by atoms with Crippen LogP contribution in [0.4, 0.5) is 0 Å². The third kappa shape index (κ3) is 2.84. The number of aliphatic hydroxyl groups excluding tert-OH is 1. The molecule has 0 amide bonds. The summed E-state index contributed by atoms with van der Waals surface area (Å²) >= 11 is 0. The van der Waals surface area contributed by atoms with E-state index in [0.29, 0.717) is 19.6 Å². The van der Waals surface area contributed by atoms with Gasteiger partial charge in [0.25, 0.3) is 0 Å². The van der Waals surface area contributed by atoms with Crippen LogP contribution in [-0.4, -0.2) is 31.0 Å². The van der Waals surface area contributed by atoms with Gasteiger partial charge < -0.3 is 5.11 Å². The van der Waals surface area contributed by atoms with Crippen molar-refractivity contribution in [1.29, 1.82) is 0 Å².